The Morgan fingerprint density at radius 1 is 1.40 bits per heavy atom. The van der Waals surface area contributed by atoms with Crippen LogP contribution in [0.3, 0.4) is 0 Å². The quantitative estimate of drug-likeness (QED) is 0.543. The average molecular weight is 338 g/mol. The maximum atomic E-state index is 11.6. The Kier molecular flexibility index (Phi) is 6.26. The molecule has 104 valence electrons. The van der Waals surface area contributed by atoms with Gasteiger partial charge in [0.2, 0.25) is 0 Å². The number of carboxylic acid groups (broad SMARTS) is 1. The fourth-order valence-electron chi connectivity index (χ4n) is 1.25. The van der Waals surface area contributed by atoms with Crippen LogP contribution in [-0.2, 0) is 9.59 Å². The molecule has 1 rings (SSSR count). The minimum Gasteiger partial charge on any atom is -0.481 e. The van der Waals surface area contributed by atoms with Crippen LogP contribution in [0.5, 0.6) is 0 Å². The molecule has 0 aliphatic rings. The second kappa shape index (κ2) is 7.96. The molecule has 0 radical (unpaired) electrons. The van der Waals surface area contributed by atoms with Gasteiger partial charge in [0.25, 0.3) is 5.91 Å². The summed E-state index contributed by atoms with van der Waals surface area (Å²) in [6.45, 7) is -0.0256. The number of nitrogens with zero attached hydrogens (tertiary/aromatic N) is 1. The van der Waals surface area contributed by atoms with Crippen LogP contribution in [0.25, 0.3) is 0 Å². The highest BCUT2D eigenvalue weighted by atomic mass is 79.9. The lowest BCUT2D eigenvalue weighted by atomic mass is 10.2. The number of benzene rings is 1. The molecule has 1 aromatic rings. The Hall–Kier alpha value is -2.33. The molecule has 3 N–H and O–H groups in total. The molecular weight excluding hydrogens is 326 g/mol. The van der Waals surface area contributed by atoms with Gasteiger partial charge in [0.05, 0.1) is 12.1 Å². The van der Waals surface area contributed by atoms with Crippen LogP contribution < -0.4 is 10.6 Å². The molecule has 0 spiro atoms. The summed E-state index contributed by atoms with van der Waals surface area (Å²) in [5, 5.41) is 22.6. The standard InChI is InChI=1S/C13H12BrN3O3/c14-10-3-1-2-4-11(10)17-8-9(7-15)13(20)16-6-5-12(18)19/h1-4,8,17H,5-6H2,(H,16,20)(H,18,19)/b9-8-. The summed E-state index contributed by atoms with van der Waals surface area (Å²) in [6.07, 6.45) is 1.08. The van der Waals surface area contributed by atoms with Gasteiger partial charge < -0.3 is 15.7 Å². The van der Waals surface area contributed by atoms with Gasteiger partial charge in [-0.1, -0.05) is 12.1 Å². The van der Waals surface area contributed by atoms with Crippen molar-refractivity contribution in [3.63, 3.8) is 0 Å². The topological polar surface area (TPSA) is 102 Å². The summed E-state index contributed by atoms with van der Waals surface area (Å²) in [7, 11) is 0. The Bertz CT molecular complexity index is 578. The first-order valence-corrected chi connectivity index (χ1v) is 6.45. The molecule has 7 heteroatoms. The van der Waals surface area contributed by atoms with Crippen molar-refractivity contribution in [3.8, 4) is 6.07 Å². The molecule has 0 aliphatic heterocycles. The number of carbonyl (C=O) groups is 2. The molecule has 1 amide bonds. The lowest BCUT2D eigenvalue weighted by Crippen LogP contribution is -2.27. The number of carboxylic acids is 1. The molecule has 0 atom stereocenters. The molecule has 0 unspecified atom stereocenters. The van der Waals surface area contributed by atoms with E-state index in [-0.39, 0.29) is 18.5 Å². The van der Waals surface area contributed by atoms with Gasteiger partial charge >= 0.3 is 5.97 Å². The summed E-state index contributed by atoms with van der Waals surface area (Å²) in [6, 6.07) is 8.99. The second-order valence-electron chi connectivity index (χ2n) is 3.69. The zero-order chi connectivity index (χ0) is 15.0. The van der Waals surface area contributed by atoms with E-state index in [9.17, 15) is 9.59 Å². The zero-order valence-electron chi connectivity index (χ0n) is 10.4. The van der Waals surface area contributed by atoms with E-state index in [0.29, 0.717) is 5.69 Å². The number of anilines is 1. The van der Waals surface area contributed by atoms with E-state index in [1.54, 1.807) is 18.2 Å². The average Bonchev–Trinajstić information content (AvgIpc) is 2.41. The summed E-state index contributed by atoms with van der Waals surface area (Å²) >= 11 is 3.32. The molecule has 0 fully saturated rings. The first-order chi connectivity index (χ1) is 9.54. The molecule has 1 aromatic carbocycles. The molecule has 0 saturated carbocycles. The first kappa shape index (κ1) is 15.7. The summed E-state index contributed by atoms with van der Waals surface area (Å²) in [5.74, 6) is -1.63. The summed E-state index contributed by atoms with van der Waals surface area (Å²) in [5.41, 5.74) is 0.574. The molecule has 0 saturated heterocycles. The SMILES string of the molecule is N#C/C(=C/Nc1ccccc1Br)C(=O)NCCC(=O)O. The van der Waals surface area contributed by atoms with E-state index in [1.807, 2.05) is 12.1 Å². The van der Waals surface area contributed by atoms with E-state index in [4.69, 9.17) is 10.4 Å². The third kappa shape index (κ3) is 5.12. The highest BCUT2D eigenvalue weighted by Crippen LogP contribution is 2.21. The number of amides is 1. The fraction of sp³-hybridized carbons (Fsp3) is 0.154. The van der Waals surface area contributed by atoms with E-state index in [0.717, 1.165) is 4.47 Å². The number of para-hydroxylation sites is 1. The van der Waals surface area contributed by atoms with Gasteiger partial charge in [-0.05, 0) is 28.1 Å². The Labute approximate surface area is 124 Å². The van der Waals surface area contributed by atoms with Crippen molar-refractivity contribution in [2.45, 2.75) is 6.42 Å². The van der Waals surface area contributed by atoms with E-state index in [1.165, 1.54) is 6.20 Å². The van der Waals surface area contributed by atoms with Gasteiger partial charge in [0.15, 0.2) is 0 Å². The largest absolute Gasteiger partial charge is 0.481 e. The van der Waals surface area contributed by atoms with E-state index in [2.05, 4.69) is 26.6 Å². The van der Waals surface area contributed by atoms with Gasteiger partial charge in [-0.3, -0.25) is 9.59 Å². The first-order valence-electron chi connectivity index (χ1n) is 5.66. The predicted molar refractivity (Wildman–Crippen MR) is 76.7 cm³/mol. The number of rotatable bonds is 6. The monoisotopic (exact) mass is 337 g/mol. The molecule has 0 bridgehead atoms. The van der Waals surface area contributed by atoms with Gasteiger partial charge in [0, 0.05) is 17.2 Å². The molecule has 0 heterocycles. The highest BCUT2D eigenvalue weighted by Gasteiger charge is 2.09. The predicted octanol–water partition coefficient (Wildman–Crippen LogP) is 1.86. The van der Waals surface area contributed by atoms with Crippen molar-refractivity contribution < 1.29 is 14.7 Å². The van der Waals surface area contributed by atoms with Crippen molar-refractivity contribution in [1.82, 2.24) is 5.32 Å². The lowest BCUT2D eigenvalue weighted by Gasteiger charge is -2.05. The second-order valence-corrected chi connectivity index (χ2v) is 4.55. The van der Waals surface area contributed by atoms with Crippen LogP contribution in [-0.4, -0.2) is 23.5 Å². The Morgan fingerprint density at radius 3 is 2.70 bits per heavy atom. The molecular formula is C13H12BrN3O3. The summed E-state index contributed by atoms with van der Waals surface area (Å²) in [4.78, 5) is 21.9. The highest BCUT2D eigenvalue weighted by molar-refractivity contribution is 9.10. The number of halogens is 1. The number of hydrogen-bond donors (Lipinski definition) is 3. The number of nitriles is 1. The molecule has 0 aliphatic carbocycles. The molecule has 20 heavy (non-hydrogen) atoms. The van der Waals surface area contributed by atoms with Crippen LogP contribution in [0.15, 0.2) is 40.5 Å². The van der Waals surface area contributed by atoms with Gasteiger partial charge in [0.1, 0.15) is 11.6 Å². The minimum atomic E-state index is -1.01. The molecule has 6 nitrogen and oxygen atoms in total. The Morgan fingerprint density at radius 2 is 2.10 bits per heavy atom. The van der Waals surface area contributed by atoms with E-state index >= 15 is 0 Å². The smallest absolute Gasteiger partial charge is 0.305 e. The van der Waals surface area contributed by atoms with Crippen LogP contribution in [0.1, 0.15) is 6.42 Å². The lowest BCUT2D eigenvalue weighted by molar-refractivity contribution is -0.136. The fourth-order valence-corrected chi connectivity index (χ4v) is 1.65. The van der Waals surface area contributed by atoms with Crippen molar-refractivity contribution in [3.05, 3.63) is 40.5 Å². The maximum absolute atomic E-state index is 11.6. The van der Waals surface area contributed by atoms with Crippen LogP contribution in [0.2, 0.25) is 0 Å². The van der Waals surface area contributed by atoms with Gasteiger partial charge in [-0.25, -0.2) is 0 Å². The van der Waals surface area contributed by atoms with Gasteiger partial charge in [-0.15, -0.1) is 0 Å². The third-order valence-electron chi connectivity index (χ3n) is 2.24. The number of hydrogen-bond acceptors (Lipinski definition) is 4. The number of nitrogens with one attached hydrogen (secondary N) is 2. The maximum Gasteiger partial charge on any atom is 0.305 e. The molecule has 0 aromatic heterocycles. The van der Waals surface area contributed by atoms with Crippen molar-refractivity contribution in [2.75, 3.05) is 11.9 Å². The number of aliphatic carboxylic acids is 1. The van der Waals surface area contributed by atoms with E-state index < -0.39 is 11.9 Å². The van der Waals surface area contributed by atoms with Crippen molar-refractivity contribution in [2.24, 2.45) is 0 Å². The Balaban J connectivity index is 2.64. The zero-order valence-corrected chi connectivity index (χ0v) is 12.0. The van der Waals surface area contributed by atoms with Crippen LogP contribution >= 0.6 is 15.9 Å². The van der Waals surface area contributed by atoms with Gasteiger partial charge in [-0.2, -0.15) is 5.26 Å². The van der Waals surface area contributed by atoms with Crippen LogP contribution in [0, 0.1) is 11.3 Å². The normalized spacial score (nSPS) is 10.5. The summed E-state index contributed by atoms with van der Waals surface area (Å²) < 4.78 is 0.792. The minimum absolute atomic E-state index is 0.0256. The third-order valence-corrected chi connectivity index (χ3v) is 2.93. The number of carbonyl (C=O) groups excluding carboxylic acids is 1. The van der Waals surface area contributed by atoms with Crippen molar-refractivity contribution in [1.29, 1.82) is 5.26 Å². The van der Waals surface area contributed by atoms with Crippen LogP contribution in [0.4, 0.5) is 5.69 Å². The van der Waals surface area contributed by atoms with Crippen molar-refractivity contribution >= 4 is 33.5 Å².